The van der Waals surface area contributed by atoms with Crippen LogP contribution in [0, 0.1) is 37.3 Å². The Balaban J connectivity index is 0.000000186. The first-order valence-corrected chi connectivity index (χ1v) is 26.5. The Morgan fingerprint density at radius 3 is 1.42 bits per heavy atom. The summed E-state index contributed by atoms with van der Waals surface area (Å²) in [7, 11) is -7.03. The lowest BCUT2D eigenvalue weighted by Gasteiger charge is -2.40. The summed E-state index contributed by atoms with van der Waals surface area (Å²) in [6.07, 6.45) is 11.2. The molecule has 3 saturated heterocycles. The number of nitrogens with one attached hydrogen (secondary N) is 2. The van der Waals surface area contributed by atoms with E-state index in [1.807, 2.05) is 44.7 Å². The van der Waals surface area contributed by atoms with Gasteiger partial charge in [0.25, 0.3) is 0 Å². The third kappa shape index (κ3) is 10.9. The number of hydrogen-bond donors (Lipinski definition) is 2. The van der Waals surface area contributed by atoms with E-state index in [2.05, 4.69) is 30.6 Å². The average Bonchev–Trinajstić information content (AvgIpc) is 3.97. The van der Waals surface area contributed by atoms with Gasteiger partial charge in [-0.15, -0.1) is 0 Å². The maximum atomic E-state index is 14.5. The van der Waals surface area contributed by atoms with Gasteiger partial charge >= 0.3 is 12.2 Å². The number of piperidine rings is 3. The Hall–Kier alpha value is -6.16. The second kappa shape index (κ2) is 19.3. The number of halogens is 2. The van der Waals surface area contributed by atoms with Gasteiger partial charge in [-0.2, -0.15) is 0 Å². The lowest BCUT2D eigenvalue weighted by Crippen LogP contribution is -2.52. The van der Waals surface area contributed by atoms with Gasteiger partial charge < -0.3 is 34.5 Å². The number of aromatic nitrogens is 4. The van der Waals surface area contributed by atoms with Crippen LogP contribution < -0.4 is 20.1 Å². The molecule has 4 aliphatic heterocycles. The Morgan fingerprint density at radius 1 is 0.623 bits per heavy atom. The van der Waals surface area contributed by atoms with Gasteiger partial charge in [0.15, 0.2) is 19.7 Å². The van der Waals surface area contributed by atoms with Crippen LogP contribution in [-0.4, -0.2) is 120 Å². The van der Waals surface area contributed by atoms with E-state index in [0.29, 0.717) is 72.0 Å². The highest BCUT2D eigenvalue weighted by Gasteiger charge is 2.63. The number of nitrogens with zero attached hydrogens (tertiary/aromatic N) is 6. The molecular formula is C47H56F2N8O10S2. The normalized spacial score (nSPS) is 24.3. The highest BCUT2D eigenvalue weighted by atomic mass is 32.2. The number of fused-ring (bicyclic) bond motifs is 7. The van der Waals surface area contributed by atoms with E-state index in [0.717, 1.165) is 31.1 Å². The van der Waals surface area contributed by atoms with Crippen LogP contribution in [0.1, 0.15) is 70.9 Å². The molecule has 69 heavy (non-hydrogen) atoms. The molecule has 6 heterocycles. The third-order valence-corrected chi connectivity index (χ3v) is 15.1. The van der Waals surface area contributed by atoms with Gasteiger partial charge in [0.05, 0.1) is 56.6 Å². The summed E-state index contributed by atoms with van der Waals surface area (Å²) in [5.74, 6) is 1.06. The number of carbonyl (C=O) groups excluding carboxylic acids is 2. The molecule has 4 bridgehead atoms. The molecule has 2 aromatic heterocycles. The molecule has 370 valence electrons. The van der Waals surface area contributed by atoms with Crippen molar-refractivity contribution in [2.24, 2.45) is 11.8 Å². The summed E-state index contributed by atoms with van der Waals surface area (Å²) < 4.78 is 98.9. The van der Waals surface area contributed by atoms with Crippen molar-refractivity contribution in [3.63, 3.8) is 0 Å². The summed E-state index contributed by atoms with van der Waals surface area (Å²) in [5, 5.41) is 5.79. The maximum Gasteiger partial charge on any atom is 0.411 e. The topological polar surface area (TPSA) is 221 Å². The zero-order valence-electron chi connectivity index (χ0n) is 39.4. The van der Waals surface area contributed by atoms with Crippen LogP contribution in [0.2, 0.25) is 0 Å². The fraction of sp³-hybridized carbons (Fsp3) is 0.489. The van der Waals surface area contributed by atoms with E-state index in [9.17, 15) is 35.2 Å². The van der Waals surface area contributed by atoms with Crippen LogP contribution in [0.4, 0.5) is 41.4 Å². The summed E-state index contributed by atoms with van der Waals surface area (Å²) in [6, 6.07) is 7.32. The molecule has 18 nitrogen and oxygen atoms in total. The first kappa shape index (κ1) is 49.3. The van der Waals surface area contributed by atoms with Crippen molar-refractivity contribution >= 4 is 54.9 Å². The molecule has 2 aromatic carbocycles. The van der Waals surface area contributed by atoms with Crippen molar-refractivity contribution in [3.05, 3.63) is 84.0 Å². The molecule has 0 spiro atoms. The van der Waals surface area contributed by atoms with E-state index >= 15 is 0 Å². The summed E-state index contributed by atoms with van der Waals surface area (Å²) >= 11 is 0. The number of hydrogen-bond acceptors (Lipinski definition) is 16. The quantitative estimate of drug-likeness (QED) is 0.130. The van der Waals surface area contributed by atoms with Crippen molar-refractivity contribution in [1.82, 2.24) is 29.7 Å². The molecule has 6 unspecified atom stereocenters. The van der Waals surface area contributed by atoms with Crippen LogP contribution in [0.25, 0.3) is 0 Å². The molecule has 4 aromatic rings. The Morgan fingerprint density at radius 2 is 1.03 bits per heavy atom. The molecule has 1 saturated carbocycles. The smallest absolute Gasteiger partial charge is 0.411 e. The monoisotopic (exact) mass is 994 g/mol. The number of benzene rings is 2. The van der Waals surface area contributed by atoms with Gasteiger partial charge in [0.1, 0.15) is 48.1 Å². The van der Waals surface area contributed by atoms with Crippen LogP contribution in [0.15, 0.2) is 71.0 Å². The van der Waals surface area contributed by atoms with Crippen molar-refractivity contribution in [3.8, 4) is 11.8 Å². The van der Waals surface area contributed by atoms with Crippen molar-refractivity contribution in [2.45, 2.75) is 132 Å². The SMILES string of the molecule is Cc1c(Nc2ccc(S(C)(=O)=O)cc2F)ncnc1OC1CC2C3CC3C(C1)N2C(=O)OC(C)C.Cc1c(Nc2ccc(S(C)(=O)=O)cc2F)ncnc1OC1CC2C=CC(C1)N2C(=O)OC(C)C. The Kier molecular flexibility index (Phi) is 13.8. The van der Waals surface area contributed by atoms with Gasteiger partial charge in [-0.1, -0.05) is 12.2 Å². The van der Waals surface area contributed by atoms with Crippen molar-refractivity contribution < 1.29 is 54.2 Å². The van der Waals surface area contributed by atoms with Gasteiger partial charge in [-0.05, 0) is 96.2 Å². The number of rotatable bonds is 12. The molecular weight excluding hydrogens is 939 g/mol. The molecule has 5 aliphatic rings. The molecule has 9 rings (SSSR count). The van der Waals surface area contributed by atoms with Gasteiger partial charge in [0, 0.05) is 50.3 Å². The molecule has 22 heteroatoms. The van der Waals surface area contributed by atoms with Crippen LogP contribution in [-0.2, 0) is 29.1 Å². The van der Waals surface area contributed by atoms with Gasteiger partial charge in [-0.25, -0.2) is 55.1 Å². The van der Waals surface area contributed by atoms with E-state index < -0.39 is 31.3 Å². The van der Waals surface area contributed by atoms with Crippen LogP contribution in [0.3, 0.4) is 0 Å². The molecule has 2 N–H and O–H groups in total. The lowest BCUT2D eigenvalue weighted by molar-refractivity contribution is 0.00804. The fourth-order valence-corrected chi connectivity index (χ4v) is 10.8. The second-order valence-electron chi connectivity index (χ2n) is 18.7. The largest absolute Gasteiger partial charge is 0.474 e. The van der Waals surface area contributed by atoms with E-state index in [1.54, 1.807) is 18.7 Å². The van der Waals surface area contributed by atoms with E-state index in [1.165, 1.54) is 36.9 Å². The number of sulfone groups is 2. The maximum absolute atomic E-state index is 14.5. The number of anilines is 4. The predicted octanol–water partition coefficient (Wildman–Crippen LogP) is 7.61. The lowest BCUT2D eigenvalue weighted by atomic mass is 9.95. The fourth-order valence-electron chi connectivity index (χ4n) is 9.54. The second-order valence-corrected chi connectivity index (χ2v) is 22.7. The van der Waals surface area contributed by atoms with Gasteiger partial charge in [-0.3, -0.25) is 4.90 Å². The number of amides is 2. The number of carbonyl (C=O) groups is 2. The first-order valence-electron chi connectivity index (χ1n) is 22.7. The summed E-state index contributed by atoms with van der Waals surface area (Å²) in [5.41, 5.74) is 1.37. The van der Waals surface area contributed by atoms with Crippen molar-refractivity contribution in [2.75, 3.05) is 23.1 Å². The van der Waals surface area contributed by atoms with E-state index in [4.69, 9.17) is 18.9 Å². The molecule has 6 atom stereocenters. The average molecular weight is 995 g/mol. The van der Waals surface area contributed by atoms with Crippen molar-refractivity contribution in [1.29, 1.82) is 0 Å². The minimum Gasteiger partial charge on any atom is -0.474 e. The summed E-state index contributed by atoms with van der Waals surface area (Å²) in [4.78, 5) is 45.4. The zero-order chi connectivity index (χ0) is 49.7. The molecule has 4 fully saturated rings. The summed E-state index contributed by atoms with van der Waals surface area (Å²) in [6.45, 7) is 10.9. The Bertz CT molecular complexity index is 2860. The standard InChI is InChI=1S/C24H29FN4O5S.C23H27FN4O5S/c1-12(2)33-24(30)29-20-7-14(8-21(29)17-10-16(17)20)34-23-13(3)22(26-11-27-23)28-19-6-5-15(9-18(19)25)35(4,31)32;1-13(2)32-23(29)28-15-5-6-16(28)10-17(9-15)33-22-14(3)21(25-12-26-22)27-20-8-7-18(11-19(20)24)34(4,30)31/h5-6,9,11-12,14,16-17,20-21H,7-8,10H2,1-4H3,(H,26,27,28);5-8,11-13,15-17H,9-10H2,1-4H3,(H,25,26,27). The first-order chi connectivity index (χ1) is 32.5. The minimum absolute atomic E-state index is 0.0827. The minimum atomic E-state index is -3.52. The molecule has 2 amide bonds. The van der Waals surface area contributed by atoms with Gasteiger partial charge in [0.2, 0.25) is 11.8 Å². The third-order valence-electron chi connectivity index (χ3n) is 12.9. The number of ether oxygens (including phenoxy) is 4. The molecule has 0 radical (unpaired) electrons. The molecule has 1 aliphatic carbocycles. The van der Waals surface area contributed by atoms with Crippen LogP contribution >= 0.6 is 0 Å². The highest BCUT2D eigenvalue weighted by molar-refractivity contribution is 7.91. The predicted molar refractivity (Wildman–Crippen MR) is 249 cm³/mol. The Labute approximate surface area is 400 Å². The zero-order valence-corrected chi connectivity index (χ0v) is 41.1. The highest BCUT2D eigenvalue weighted by Crippen LogP contribution is 2.59. The van der Waals surface area contributed by atoms with E-state index in [-0.39, 0.29) is 81.9 Å². The van der Waals surface area contributed by atoms with Crippen LogP contribution in [0.5, 0.6) is 11.8 Å².